The van der Waals surface area contributed by atoms with Crippen LogP contribution in [-0.4, -0.2) is 35.3 Å². The number of hydrogen-bond donors (Lipinski definition) is 1. The lowest BCUT2D eigenvalue weighted by atomic mass is 10.0. The number of benzene rings is 1. The van der Waals surface area contributed by atoms with Crippen molar-refractivity contribution in [1.29, 1.82) is 0 Å². The van der Waals surface area contributed by atoms with Crippen molar-refractivity contribution in [3.63, 3.8) is 0 Å². The molecule has 1 saturated heterocycles. The van der Waals surface area contributed by atoms with E-state index in [1.54, 1.807) is 13.3 Å². The number of methoxy groups -OCH3 is 1. The number of pyridine rings is 1. The van der Waals surface area contributed by atoms with Crippen LogP contribution >= 0.6 is 23.8 Å². The molecule has 1 N–H and O–H groups in total. The highest BCUT2D eigenvalue weighted by molar-refractivity contribution is 7.80. The molecule has 4 rings (SSSR count). The molecule has 1 aromatic carbocycles. The van der Waals surface area contributed by atoms with Crippen molar-refractivity contribution in [2.24, 2.45) is 0 Å². The number of nitrogens with zero attached hydrogens (tertiary/aromatic N) is 2. The highest BCUT2D eigenvalue weighted by Gasteiger charge is 2.41. The molecular weight excluding hydrogens is 418 g/mol. The standard InChI is InChI=1S/C23H24ClN3O2S/c1-15-7-8-16(14-17(15)24)19-9-10-20(29-19)22-21(18-6-3-4-11-25-18)26-23(30)27(22)12-5-13-28-2/h3-4,6-11,14,21-22H,5,12-13H2,1-2H3,(H,26,30). The van der Waals surface area contributed by atoms with Crippen molar-refractivity contribution < 1.29 is 9.15 Å². The van der Waals surface area contributed by atoms with Gasteiger partial charge < -0.3 is 19.4 Å². The fourth-order valence-electron chi connectivity index (χ4n) is 3.75. The lowest BCUT2D eigenvalue weighted by Crippen LogP contribution is -2.31. The lowest BCUT2D eigenvalue weighted by Gasteiger charge is -2.26. The first-order valence-corrected chi connectivity index (χ1v) is 10.7. The molecule has 7 heteroatoms. The number of rotatable bonds is 7. The molecule has 0 bridgehead atoms. The molecule has 0 saturated carbocycles. The Morgan fingerprint density at radius 2 is 2.10 bits per heavy atom. The van der Waals surface area contributed by atoms with Crippen LogP contribution in [0, 0.1) is 6.92 Å². The molecule has 0 spiro atoms. The summed E-state index contributed by atoms with van der Waals surface area (Å²) in [5, 5.41) is 4.86. The molecule has 2 unspecified atom stereocenters. The Morgan fingerprint density at radius 1 is 1.23 bits per heavy atom. The van der Waals surface area contributed by atoms with Crippen molar-refractivity contribution in [2.45, 2.75) is 25.4 Å². The quantitative estimate of drug-likeness (QED) is 0.396. The summed E-state index contributed by atoms with van der Waals surface area (Å²) in [7, 11) is 1.71. The minimum atomic E-state index is -0.0982. The minimum Gasteiger partial charge on any atom is -0.459 e. The maximum absolute atomic E-state index is 6.33. The second-order valence-corrected chi connectivity index (χ2v) is 8.13. The average molecular weight is 442 g/mol. The number of thiocarbonyl (C=S) groups is 1. The molecule has 0 radical (unpaired) electrons. The maximum atomic E-state index is 6.33. The average Bonchev–Trinajstić information content (AvgIpc) is 3.36. The second-order valence-electron chi connectivity index (χ2n) is 7.33. The van der Waals surface area contributed by atoms with Crippen molar-refractivity contribution in [1.82, 2.24) is 15.2 Å². The van der Waals surface area contributed by atoms with Crippen LogP contribution in [-0.2, 0) is 4.74 Å². The van der Waals surface area contributed by atoms with Crippen LogP contribution in [0.3, 0.4) is 0 Å². The summed E-state index contributed by atoms with van der Waals surface area (Å²) in [5.41, 5.74) is 2.91. The number of aryl methyl sites for hydroxylation is 1. The van der Waals surface area contributed by atoms with E-state index in [0.29, 0.717) is 11.7 Å². The SMILES string of the molecule is COCCCN1C(=S)NC(c2ccccn2)C1c1ccc(-c2ccc(C)c(Cl)c2)o1. The number of furan rings is 1. The van der Waals surface area contributed by atoms with Crippen LogP contribution in [0.1, 0.15) is 35.5 Å². The lowest BCUT2D eigenvalue weighted by molar-refractivity contribution is 0.177. The third-order valence-electron chi connectivity index (χ3n) is 5.32. The van der Waals surface area contributed by atoms with E-state index in [0.717, 1.165) is 46.3 Å². The predicted molar refractivity (Wildman–Crippen MR) is 123 cm³/mol. The van der Waals surface area contributed by atoms with Crippen LogP contribution < -0.4 is 5.32 Å². The molecule has 3 heterocycles. The number of hydrogen-bond acceptors (Lipinski definition) is 4. The van der Waals surface area contributed by atoms with Gasteiger partial charge in [-0.3, -0.25) is 4.98 Å². The summed E-state index contributed by atoms with van der Waals surface area (Å²) in [6.07, 6.45) is 2.66. The topological polar surface area (TPSA) is 50.5 Å². The molecule has 1 aliphatic heterocycles. The second kappa shape index (κ2) is 9.16. The molecule has 0 aliphatic carbocycles. The fraction of sp³-hybridized carbons (Fsp3) is 0.304. The Balaban J connectivity index is 1.68. The van der Waals surface area contributed by atoms with Gasteiger partial charge in [0.1, 0.15) is 17.6 Å². The third kappa shape index (κ3) is 4.21. The summed E-state index contributed by atoms with van der Waals surface area (Å²) in [6.45, 7) is 3.42. The highest BCUT2D eigenvalue weighted by Crippen LogP contribution is 2.40. The van der Waals surface area contributed by atoms with Crippen molar-refractivity contribution >= 4 is 28.9 Å². The molecule has 2 atom stereocenters. The van der Waals surface area contributed by atoms with Crippen LogP contribution in [0.5, 0.6) is 0 Å². The van der Waals surface area contributed by atoms with Crippen molar-refractivity contribution in [2.75, 3.05) is 20.3 Å². The number of aromatic nitrogens is 1. The van der Waals surface area contributed by atoms with E-state index in [1.807, 2.05) is 55.5 Å². The molecule has 1 fully saturated rings. The Bertz CT molecular complexity index is 1020. The number of halogens is 1. The molecule has 2 aromatic heterocycles. The molecular formula is C23H24ClN3O2S. The van der Waals surface area contributed by atoms with Crippen LogP contribution in [0.25, 0.3) is 11.3 Å². The molecule has 1 aliphatic rings. The highest BCUT2D eigenvalue weighted by atomic mass is 35.5. The van der Waals surface area contributed by atoms with Gasteiger partial charge in [0.15, 0.2) is 5.11 Å². The number of nitrogens with one attached hydrogen (secondary N) is 1. The molecule has 30 heavy (non-hydrogen) atoms. The van der Waals surface area contributed by atoms with Gasteiger partial charge in [-0.15, -0.1) is 0 Å². The predicted octanol–water partition coefficient (Wildman–Crippen LogP) is 5.31. The van der Waals surface area contributed by atoms with Gasteiger partial charge in [0, 0.05) is 37.0 Å². The molecule has 0 amide bonds. The summed E-state index contributed by atoms with van der Waals surface area (Å²) in [6, 6.07) is 15.7. The first-order valence-electron chi connectivity index (χ1n) is 9.91. The molecule has 5 nitrogen and oxygen atoms in total. The Hall–Kier alpha value is -2.41. The zero-order chi connectivity index (χ0) is 21.1. The van der Waals surface area contributed by atoms with Crippen LogP contribution in [0.15, 0.2) is 59.1 Å². The number of ether oxygens (including phenoxy) is 1. The molecule has 3 aromatic rings. The van der Waals surface area contributed by atoms with E-state index < -0.39 is 0 Å². The first-order chi connectivity index (χ1) is 14.6. The van der Waals surface area contributed by atoms with Gasteiger partial charge in [-0.1, -0.05) is 29.8 Å². The van der Waals surface area contributed by atoms with Crippen molar-refractivity contribution in [3.05, 3.63) is 76.8 Å². The van der Waals surface area contributed by atoms with Crippen LogP contribution in [0.2, 0.25) is 5.02 Å². The summed E-state index contributed by atoms with van der Waals surface area (Å²) in [5.74, 6) is 1.61. The summed E-state index contributed by atoms with van der Waals surface area (Å²) < 4.78 is 11.6. The maximum Gasteiger partial charge on any atom is 0.170 e. The summed E-state index contributed by atoms with van der Waals surface area (Å²) in [4.78, 5) is 6.72. The van der Waals surface area contributed by atoms with Crippen molar-refractivity contribution in [3.8, 4) is 11.3 Å². The van der Waals surface area contributed by atoms with E-state index in [-0.39, 0.29) is 12.1 Å². The monoisotopic (exact) mass is 441 g/mol. The van der Waals surface area contributed by atoms with Gasteiger partial charge in [0.2, 0.25) is 0 Å². The van der Waals surface area contributed by atoms with E-state index in [1.165, 1.54) is 0 Å². The van der Waals surface area contributed by atoms with Gasteiger partial charge >= 0.3 is 0 Å². The third-order valence-corrected chi connectivity index (χ3v) is 6.08. The molecule has 156 valence electrons. The Labute approximate surface area is 187 Å². The van der Waals surface area contributed by atoms with E-state index >= 15 is 0 Å². The smallest absolute Gasteiger partial charge is 0.170 e. The fourth-order valence-corrected chi connectivity index (χ4v) is 4.26. The first kappa shape index (κ1) is 20.8. The summed E-state index contributed by atoms with van der Waals surface area (Å²) >= 11 is 12.0. The van der Waals surface area contributed by atoms with E-state index in [2.05, 4.69) is 15.2 Å². The van der Waals surface area contributed by atoms with Crippen LogP contribution in [0.4, 0.5) is 0 Å². The van der Waals surface area contributed by atoms with Gasteiger partial charge in [-0.25, -0.2) is 0 Å². The Morgan fingerprint density at radius 3 is 2.83 bits per heavy atom. The minimum absolute atomic E-state index is 0.0955. The van der Waals surface area contributed by atoms with Gasteiger partial charge in [-0.2, -0.15) is 0 Å². The Kier molecular flexibility index (Phi) is 6.37. The largest absolute Gasteiger partial charge is 0.459 e. The normalized spacial score (nSPS) is 18.6. The zero-order valence-electron chi connectivity index (χ0n) is 17.0. The zero-order valence-corrected chi connectivity index (χ0v) is 18.5. The van der Waals surface area contributed by atoms with Gasteiger partial charge in [0.05, 0.1) is 11.7 Å². The van der Waals surface area contributed by atoms with E-state index in [9.17, 15) is 0 Å². The van der Waals surface area contributed by atoms with Gasteiger partial charge in [0.25, 0.3) is 0 Å². The van der Waals surface area contributed by atoms with Gasteiger partial charge in [-0.05, 0) is 61.5 Å². The van der Waals surface area contributed by atoms with E-state index in [4.69, 9.17) is 33.0 Å².